The van der Waals surface area contributed by atoms with Crippen LogP contribution in [0.3, 0.4) is 0 Å². The molecule has 0 heterocycles. The SMILES string of the molecule is CC(NC(=O)CCS(=O)(=O)Cc1ccc(F)cc1)c1ccccc1. The Morgan fingerprint density at radius 3 is 2.33 bits per heavy atom. The third-order valence-electron chi connectivity index (χ3n) is 3.62. The lowest BCUT2D eigenvalue weighted by atomic mass is 10.1. The fourth-order valence-corrected chi connectivity index (χ4v) is 3.63. The Morgan fingerprint density at radius 1 is 1.08 bits per heavy atom. The minimum Gasteiger partial charge on any atom is -0.350 e. The summed E-state index contributed by atoms with van der Waals surface area (Å²) >= 11 is 0. The van der Waals surface area contributed by atoms with Crippen molar-refractivity contribution in [2.45, 2.75) is 25.1 Å². The highest BCUT2D eigenvalue weighted by Gasteiger charge is 2.16. The topological polar surface area (TPSA) is 63.2 Å². The Bertz CT molecular complexity index is 774. The van der Waals surface area contributed by atoms with Gasteiger partial charge in [0.2, 0.25) is 5.91 Å². The first-order valence-electron chi connectivity index (χ1n) is 7.65. The van der Waals surface area contributed by atoms with Crippen LogP contribution in [0.1, 0.15) is 30.5 Å². The summed E-state index contributed by atoms with van der Waals surface area (Å²) in [6, 6.07) is 14.6. The van der Waals surface area contributed by atoms with Crippen molar-refractivity contribution in [3.63, 3.8) is 0 Å². The summed E-state index contributed by atoms with van der Waals surface area (Å²) in [6.45, 7) is 1.85. The summed E-state index contributed by atoms with van der Waals surface area (Å²) < 4.78 is 37.0. The molecule has 0 aliphatic heterocycles. The average Bonchev–Trinajstić information content (AvgIpc) is 2.56. The maximum absolute atomic E-state index is 12.8. The van der Waals surface area contributed by atoms with Gasteiger partial charge < -0.3 is 5.32 Å². The van der Waals surface area contributed by atoms with Crippen LogP contribution in [0, 0.1) is 5.82 Å². The van der Waals surface area contributed by atoms with E-state index in [1.54, 1.807) is 0 Å². The zero-order valence-corrected chi connectivity index (χ0v) is 14.2. The third kappa shape index (κ3) is 5.77. The monoisotopic (exact) mass is 349 g/mol. The molecule has 0 saturated heterocycles. The number of hydrogen-bond donors (Lipinski definition) is 1. The van der Waals surface area contributed by atoms with Gasteiger partial charge in [-0.2, -0.15) is 0 Å². The number of hydrogen-bond acceptors (Lipinski definition) is 3. The van der Waals surface area contributed by atoms with Gasteiger partial charge in [-0.15, -0.1) is 0 Å². The van der Waals surface area contributed by atoms with Gasteiger partial charge in [-0.1, -0.05) is 42.5 Å². The third-order valence-corrected chi connectivity index (χ3v) is 5.22. The van der Waals surface area contributed by atoms with Crippen LogP contribution in [0.4, 0.5) is 4.39 Å². The Morgan fingerprint density at radius 2 is 1.71 bits per heavy atom. The van der Waals surface area contributed by atoms with Crippen LogP contribution in [0.15, 0.2) is 54.6 Å². The minimum atomic E-state index is -3.43. The number of halogens is 1. The van der Waals surface area contributed by atoms with Crippen molar-refractivity contribution in [1.82, 2.24) is 5.32 Å². The summed E-state index contributed by atoms with van der Waals surface area (Å²) in [4.78, 5) is 11.9. The fourth-order valence-electron chi connectivity index (χ4n) is 2.29. The van der Waals surface area contributed by atoms with Gasteiger partial charge >= 0.3 is 0 Å². The van der Waals surface area contributed by atoms with E-state index in [1.165, 1.54) is 24.3 Å². The fraction of sp³-hybridized carbons (Fsp3) is 0.278. The number of nitrogens with one attached hydrogen (secondary N) is 1. The van der Waals surface area contributed by atoms with Gasteiger partial charge in [0.25, 0.3) is 0 Å². The molecule has 2 rings (SSSR count). The number of sulfone groups is 1. The maximum Gasteiger partial charge on any atom is 0.221 e. The van der Waals surface area contributed by atoms with E-state index in [0.717, 1.165) is 5.56 Å². The van der Waals surface area contributed by atoms with Crippen molar-refractivity contribution in [3.8, 4) is 0 Å². The van der Waals surface area contributed by atoms with Gasteiger partial charge in [0, 0.05) is 6.42 Å². The van der Waals surface area contributed by atoms with E-state index in [-0.39, 0.29) is 29.9 Å². The van der Waals surface area contributed by atoms with Gasteiger partial charge in [0.1, 0.15) is 5.82 Å². The first-order valence-corrected chi connectivity index (χ1v) is 9.47. The van der Waals surface area contributed by atoms with Crippen molar-refractivity contribution < 1.29 is 17.6 Å². The van der Waals surface area contributed by atoms with Gasteiger partial charge in [0.05, 0.1) is 17.5 Å². The predicted octanol–water partition coefficient (Wildman–Crippen LogP) is 3.01. The maximum atomic E-state index is 12.8. The molecule has 1 atom stereocenters. The van der Waals surface area contributed by atoms with E-state index in [0.29, 0.717) is 5.56 Å². The molecular weight excluding hydrogens is 329 g/mol. The summed E-state index contributed by atoms with van der Waals surface area (Å²) in [5.74, 6) is -1.16. The molecule has 0 fully saturated rings. The molecule has 1 amide bonds. The standard InChI is InChI=1S/C18H20FNO3S/c1-14(16-5-3-2-4-6-16)20-18(21)11-12-24(22,23)13-15-7-9-17(19)10-8-15/h2-10,14H,11-13H2,1H3,(H,20,21). The second-order valence-corrected chi connectivity index (χ2v) is 7.85. The van der Waals surface area contributed by atoms with Crippen LogP contribution < -0.4 is 5.32 Å². The largest absolute Gasteiger partial charge is 0.350 e. The molecule has 0 radical (unpaired) electrons. The molecule has 6 heteroatoms. The summed E-state index contributed by atoms with van der Waals surface area (Å²) in [5, 5.41) is 2.79. The quantitative estimate of drug-likeness (QED) is 0.836. The number of carbonyl (C=O) groups is 1. The molecule has 24 heavy (non-hydrogen) atoms. The van der Waals surface area contributed by atoms with E-state index >= 15 is 0 Å². The normalized spacial score (nSPS) is 12.6. The van der Waals surface area contributed by atoms with Crippen molar-refractivity contribution >= 4 is 15.7 Å². The van der Waals surface area contributed by atoms with Gasteiger partial charge in [-0.3, -0.25) is 4.79 Å². The van der Waals surface area contributed by atoms with Crippen LogP contribution in [-0.4, -0.2) is 20.1 Å². The Kier molecular flexibility index (Phi) is 6.09. The van der Waals surface area contributed by atoms with E-state index in [4.69, 9.17) is 0 Å². The molecule has 0 aliphatic rings. The lowest BCUT2D eigenvalue weighted by molar-refractivity contribution is -0.121. The Labute approximate surface area is 141 Å². The van der Waals surface area contributed by atoms with E-state index in [2.05, 4.69) is 5.32 Å². The lowest BCUT2D eigenvalue weighted by Crippen LogP contribution is -2.28. The van der Waals surface area contributed by atoms with Crippen LogP contribution in [0.2, 0.25) is 0 Å². The van der Waals surface area contributed by atoms with E-state index in [1.807, 2.05) is 37.3 Å². The average molecular weight is 349 g/mol. The molecule has 0 bridgehead atoms. The highest BCUT2D eigenvalue weighted by atomic mass is 32.2. The van der Waals surface area contributed by atoms with Crippen molar-refractivity contribution in [2.24, 2.45) is 0 Å². The molecule has 1 unspecified atom stereocenters. The number of amides is 1. The molecule has 0 aliphatic carbocycles. The van der Waals surface area contributed by atoms with Crippen LogP contribution in [0.5, 0.6) is 0 Å². The molecule has 0 spiro atoms. The van der Waals surface area contributed by atoms with Crippen molar-refractivity contribution in [3.05, 3.63) is 71.5 Å². The second kappa shape index (κ2) is 8.06. The number of benzene rings is 2. The van der Waals surface area contributed by atoms with Gasteiger partial charge in [0.15, 0.2) is 9.84 Å². The molecular formula is C18H20FNO3S. The Balaban J connectivity index is 1.85. The van der Waals surface area contributed by atoms with Crippen molar-refractivity contribution in [2.75, 3.05) is 5.75 Å². The second-order valence-electron chi connectivity index (χ2n) is 5.67. The molecule has 2 aromatic carbocycles. The number of carbonyl (C=O) groups excluding carboxylic acids is 1. The number of rotatable bonds is 7. The highest BCUT2D eigenvalue weighted by Crippen LogP contribution is 2.12. The van der Waals surface area contributed by atoms with Crippen LogP contribution in [-0.2, 0) is 20.4 Å². The minimum absolute atomic E-state index is 0.0965. The van der Waals surface area contributed by atoms with Crippen LogP contribution >= 0.6 is 0 Å². The predicted molar refractivity (Wildman–Crippen MR) is 91.5 cm³/mol. The summed E-state index contributed by atoms with van der Waals surface area (Å²) in [6.07, 6.45) is -0.0965. The first kappa shape index (κ1) is 18.1. The smallest absolute Gasteiger partial charge is 0.221 e. The zero-order chi connectivity index (χ0) is 17.6. The molecule has 2 aromatic rings. The molecule has 1 N–H and O–H groups in total. The zero-order valence-electron chi connectivity index (χ0n) is 13.4. The van der Waals surface area contributed by atoms with E-state index in [9.17, 15) is 17.6 Å². The van der Waals surface area contributed by atoms with Crippen molar-refractivity contribution in [1.29, 1.82) is 0 Å². The highest BCUT2D eigenvalue weighted by molar-refractivity contribution is 7.90. The molecule has 4 nitrogen and oxygen atoms in total. The van der Waals surface area contributed by atoms with Gasteiger partial charge in [-0.25, -0.2) is 12.8 Å². The first-order chi connectivity index (χ1) is 11.4. The lowest BCUT2D eigenvalue weighted by Gasteiger charge is -2.14. The van der Waals surface area contributed by atoms with Crippen LogP contribution in [0.25, 0.3) is 0 Å². The summed E-state index contributed by atoms with van der Waals surface area (Å²) in [5.41, 5.74) is 1.47. The van der Waals surface area contributed by atoms with Gasteiger partial charge in [-0.05, 0) is 30.2 Å². The summed E-state index contributed by atoms with van der Waals surface area (Å²) in [7, 11) is -3.43. The molecule has 0 aromatic heterocycles. The van der Waals surface area contributed by atoms with E-state index < -0.39 is 15.7 Å². The Hall–Kier alpha value is -2.21. The molecule has 128 valence electrons. The molecule has 0 saturated carbocycles.